The minimum absolute atomic E-state index is 0.151. The van der Waals surface area contributed by atoms with Crippen molar-refractivity contribution < 1.29 is 4.74 Å². The molecular formula is C27H25BrClN3O. The Labute approximate surface area is 207 Å². The molecule has 1 saturated heterocycles. The number of hydrogen-bond acceptors (Lipinski definition) is 4. The van der Waals surface area contributed by atoms with Crippen LogP contribution in [0.2, 0.25) is 5.02 Å². The molecule has 0 N–H and O–H groups in total. The molecule has 3 heterocycles. The summed E-state index contributed by atoms with van der Waals surface area (Å²) in [5.74, 6) is 0.978. The predicted molar refractivity (Wildman–Crippen MR) is 136 cm³/mol. The second-order valence-electron chi connectivity index (χ2n) is 9.08. The quantitative estimate of drug-likeness (QED) is 0.386. The van der Waals surface area contributed by atoms with Crippen molar-refractivity contribution in [1.82, 2.24) is 9.91 Å². The Morgan fingerprint density at radius 2 is 1.76 bits per heavy atom. The highest BCUT2D eigenvalue weighted by Crippen LogP contribution is 2.50. The third-order valence-electron chi connectivity index (χ3n) is 7.03. The van der Waals surface area contributed by atoms with Gasteiger partial charge in [0, 0.05) is 59.5 Å². The Hall–Kier alpha value is -2.34. The molecular weight excluding hydrogens is 498 g/mol. The number of benzene rings is 3. The molecule has 0 saturated carbocycles. The lowest BCUT2D eigenvalue weighted by atomic mass is 9.90. The van der Waals surface area contributed by atoms with E-state index < -0.39 is 5.72 Å². The number of fused-ring (bicyclic) bond motifs is 4. The van der Waals surface area contributed by atoms with Gasteiger partial charge in [0.15, 0.2) is 0 Å². The van der Waals surface area contributed by atoms with Gasteiger partial charge in [0.25, 0.3) is 0 Å². The number of ether oxygens (including phenoxy) is 1. The SMILES string of the molecule is Clc1ccccc1C1=NN2[C@@H](C1)c1cc(Br)ccc1OC21CCN(Cc2ccccc2)CC1. The molecule has 168 valence electrons. The monoisotopic (exact) mass is 521 g/mol. The average Bonchev–Trinajstić information content (AvgIpc) is 3.29. The second kappa shape index (κ2) is 8.46. The van der Waals surface area contributed by atoms with Crippen molar-refractivity contribution in [3.8, 4) is 5.75 Å². The number of halogens is 2. The third-order valence-corrected chi connectivity index (χ3v) is 7.85. The van der Waals surface area contributed by atoms with Crippen molar-refractivity contribution in [2.75, 3.05) is 13.1 Å². The lowest BCUT2D eigenvalue weighted by molar-refractivity contribution is -0.150. The first-order valence-electron chi connectivity index (χ1n) is 11.5. The molecule has 3 aromatic carbocycles. The first kappa shape index (κ1) is 21.2. The molecule has 0 unspecified atom stereocenters. The number of nitrogens with zero attached hydrogens (tertiary/aromatic N) is 3. The molecule has 1 atom stereocenters. The van der Waals surface area contributed by atoms with E-state index in [0.29, 0.717) is 0 Å². The lowest BCUT2D eigenvalue weighted by Gasteiger charge is -2.51. The molecule has 0 amide bonds. The highest BCUT2D eigenvalue weighted by Gasteiger charge is 2.51. The van der Waals surface area contributed by atoms with E-state index in [-0.39, 0.29) is 6.04 Å². The second-order valence-corrected chi connectivity index (χ2v) is 10.4. The molecule has 4 nitrogen and oxygen atoms in total. The van der Waals surface area contributed by atoms with E-state index in [1.54, 1.807) is 0 Å². The van der Waals surface area contributed by atoms with Gasteiger partial charge in [0.1, 0.15) is 5.75 Å². The Kier molecular flexibility index (Phi) is 5.44. The molecule has 0 bridgehead atoms. The van der Waals surface area contributed by atoms with Gasteiger partial charge < -0.3 is 4.74 Å². The minimum Gasteiger partial charge on any atom is -0.466 e. The zero-order chi connectivity index (χ0) is 22.4. The number of hydrazone groups is 1. The summed E-state index contributed by atoms with van der Waals surface area (Å²) < 4.78 is 7.84. The maximum atomic E-state index is 6.78. The molecule has 6 rings (SSSR count). The van der Waals surface area contributed by atoms with E-state index in [9.17, 15) is 0 Å². The van der Waals surface area contributed by atoms with Gasteiger partial charge in [-0.2, -0.15) is 5.10 Å². The molecule has 33 heavy (non-hydrogen) atoms. The van der Waals surface area contributed by atoms with Crippen molar-refractivity contribution in [1.29, 1.82) is 0 Å². The lowest BCUT2D eigenvalue weighted by Crippen LogP contribution is -2.59. The van der Waals surface area contributed by atoms with E-state index in [2.05, 4.69) is 80.4 Å². The fraction of sp³-hybridized carbons (Fsp3) is 0.296. The largest absolute Gasteiger partial charge is 0.466 e. The first-order valence-corrected chi connectivity index (χ1v) is 12.6. The normalized spacial score (nSPS) is 21.3. The van der Waals surface area contributed by atoms with Crippen LogP contribution in [0.5, 0.6) is 5.75 Å². The summed E-state index contributed by atoms with van der Waals surface area (Å²) in [6.45, 7) is 2.92. The molecule has 3 aliphatic heterocycles. The van der Waals surface area contributed by atoms with Crippen LogP contribution in [0.3, 0.4) is 0 Å². The van der Waals surface area contributed by atoms with Crippen molar-refractivity contribution in [3.05, 3.63) is 99.0 Å². The predicted octanol–water partition coefficient (Wildman–Crippen LogP) is 6.64. The van der Waals surface area contributed by atoms with Crippen LogP contribution >= 0.6 is 27.5 Å². The summed E-state index contributed by atoms with van der Waals surface area (Å²) in [4.78, 5) is 2.52. The topological polar surface area (TPSA) is 28.1 Å². The molecule has 0 aliphatic carbocycles. The van der Waals surface area contributed by atoms with Gasteiger partial charge in [-0.25, -0.2) is 5.01 Å². The molecule has 0 aromatic heterocycles. The number of hydrogen-bond donors (Lipinski definition) is 0. The summed E-state index contributed by atoms with van der Waals surface area (Å²) in [6.07, 6.45) is 2.64. The summed E-state index contributed by atoms with van der Waals surface area (Å²) in [5, 5.41) is 8.16. The molecule has 0 radical (unpaired) electrons. The van der Waals surface area contributed by atoms with Gasteiger partial charge >= 0.3 is 0 Å². The number of likely N-dealkylation sites (tertiary alicyclic amines) is 1. The van der Waals surface area contributed by atoms with Crippen LogP contribution in [0, 0.1) is 0 Å². The maximum Gasteiger partial charge on any atom is 0.200 e. The zero-order valence-electron chi connectivity index (χ0n) is 18.3. The van der Waals surface area contributed by atoms with Gasteiger partial charge in [-0.05, 0) is 29.8 Å². The number of rotatable bonds is 3. The highest BCUT2D eigenvalue weighted by molar-refractivity contribution is 9.10. The third kappa shape index (κ3) is 3.86. The molecule has 1 fully saturated rings. The van der Waals surface area contributed by atoms with Crippen LogP contribution in [0.25, 0.3) is 0 Å². The minimum atomic E-state index is -0.429. The van der Waals surface area contributed by atoms with Gasteiger partial charge in [0.2, 0.25) is 5.72 Å². The summed E-state index contributed by atoms with van der Waals surface area (Å²) in [6, 6.07) is 25.2. The van der Waals surface area contributed by atoms with E-state index in [1.807, 2.05) is 18.2 Å². The van der Waals surface area contributed by atoms with E-state index >= 15 is 0 Å². The average molecular weight is 523 g/mol. The Morgan fingerprint density at radius 3 is 2.55 bits per heavy atom. The van der Waals surface area contributed by atoms with Crippen LogP contribution < -0.4 is 4.74 Å². The van der Waals surface area contributed by atoms with E-state index in [4.69, 9.17) is 21.4 Å². The molecule has 3 aliphatic rings. The summed E-state index contributed by atoms with van der Waals surface area (Å²) in [7, 11) is 0. The van der Waals surface area contributed by atoms with Crippen LogP contribution in [0.1, 0.15) is 42.0 Å². The highest BCUT2D eigenvalue weighted by atomic mass is 79.9. The Balaban J connectivity index is 1.32. The smallest absolute Gasteiger partial charge is 0.200 e. The van der Waals surface area contributed by atoms with Crippen LogP contribution in [0.4, 0.5) is 0 Å². The van der Waals surface area contributed by atoms with E-state index in [1.165, 1.54) is 11.1 Å². The fourth-order valence-electron chi connectivity index (χ4n) is 5.34. The Bertz CT molecular complexity index is 1210. The maximum absolute atomic E-state index is 6.78. The van der Waals surface area contributed by atoms with Gasteiger partial charge in [-0.15, -0.1) is 0 Å². The van der Waals surface area contributed by atoms with Gasteiger partial charge in [-0.1, -0.05) is 76.1 Å². The first-order chi connectivity index (χ1) is 16.1. The summed E-state index contributed by atoms with van der Waals surface area (Å²) in [5.41, 5.74) is 4.16. The Morgan fingerprint density at radius 1 is 1.00 bits per heavy atom. The van der Waals surface area contributed by atoms with Crippen LogP contribution in [-0.4, -0.2) is 34.4 Å². The molecule has 3 aromatic rings. The number of piperidine rings is 1. The van der Waals surface area contributed by atoms with Crippen molar-refractivity contribution in [2.45, 2.75) is 37.6 Å². The standard InChI is InChI=1S/C27H25BrClN3O/c28-20-10-11-26-22(16-20)25-17-24(21-8-4-5-9-23(21)29)30-32(25)27(33-26)12-14-31(15-13-27)18-19-6-2-1-3-7-19/h1-11,16,25H,12-15,17-18H2/t25-/m0/s1. The zero-order valence-corrected chi connectivity index (χ0v) is 20.6. The van der Waals surface area contributed by atoms with Gasteiger partial charge in [0.05, 0.1) is 11.8 Å². The van der Waals surface area contributed by atoms with E-state index in [0.717, 1.165) is 65.4 Å². The molecule has 6 heteroatoms. The van der Waals surface area contributed by atoms with Crippen molar-refractivity contribution in [2.24, 2.45) is 5.10 Å². The fourth-order valence-corrected chi connectivity index (χ4v) is 5.97. The summed E-state index contributed by atoms with van der Waals surface area (Å²) >= 11 is 10.2. The van der Waals surface area contributed by atoms with Crippen molar-refractivity contribution >= 4 is 33.2 Å². The van der Waals surface area contributed by atoms with Crippen LogP contribution in [-0.2, 0) is 6.54 Å². The van der Waals surface area contributed by atoms with Crippen molar-refractivity contribution in [3.63, 3.8) is 0 Å². The van der Waals surface area contributed by atoms with Crippen LogP contribution in [0.15, 0.2) is 82.4 Å². The molecule has 1 spiro atoms. The van der Waals surface area contributed by atoms with Gasteiger partial charge in [-0.3, -0.25) is 4.90 Å².